The lowest BCUT2D eigenvalue weighted by Crippen LogP contribution is -2.17. The van der Waals surface area contributed by atoms with Crippen molar-refractivity contribution >= 4 is 17.8 Å². The van der Waals surface area contributed by atoms with E-state index in [1.807, 2.05) is 31.3 Å². The van der Waals surface area contributed by atoms with Crippen LogP contribution in [0.25, 0.3) is 11.0 Å². The minimum Gasteiger partial charge on any atom is -0.341 e. The van der Waals surface area contributed by atoms with Crippen LogP contribution in [0.5, 0.6) is 0 Å². The van der Waals surface area contributed by atoms with Crippen molar-refractivity contribution in [2.24, 2.45) is 4.99 Å². The molecule has 0 amide bonds. The number of rotatable bonds is 7. The van der Waals surface area contributed by atoms with Crippen LogP contribution in [0.1, 0.15) is 31.6 Å². The molecule has 0 radical (unpaired) electrons. The molecule has 1 aromatic carbocycles. The van der Waals surface area contributed by atoms with Crippen molar-refractivity contribution in [2.45, 2.75) is 25.8 Å². The second-order valence-electron chi connectivity index (χ2n) is 5.06. The Labute approximate surface area is 125 Å². The average molecular weight is 282 g/mol. The molecule has 0 bridgehead atoms. The number of para-hydroxylation sites is 2. The zero-order valence-electron chi connectivity index (χ0n) is 12.6. The molecule has 0 unspecified atom stereocenters. The van der Waals surface area contributed by atoms with E-state index in [9.17, 15) is 0 Å². The van der Waals surface area contributed by atoms with Crippen LogP contribution < -0.4 is 5.32 Å². The Morgan fingerprint density at radius 3 is 3.00 bits per heavy atom. The van der Waals surface area contributed by atoms with Crippen LogP contribution in [0.4, 0.5) is 0 Å². The lowest BCUT2D eigenvalue weighted by atomic mass is 10.1. The maximum Gasteiger partial charge on any atom is 0.124 e. The zero-order valence-corrected chi connectivity index (χ0v) is 12.6. The number of aromatic nitrogens is 2. The molecule has 1 heterocycles. The summed E-state index contributed by atoms with van der Waals surface area (Å²) in [5.41, 5.74) is 3.41. The number of hydrogen-bond donors (Lipinski definition) is 2. The first-order chi connectivity index (χ1) is 10.2. The molecule has 0 fully saturated rings. The predicted molar refractivity (Wildman–Crippen MR) is 89.6 cm³/mol. The van der Waals surface area contributed by atoms with E-state index in [1.165, 1.54) is 5.57 Å². The normalized spacial score (nSPS) is 13.9. The van der Waals surface area contributed by atoms with Crippen LogP contribution in [0.3, 0.4) is 0 Å². The van der Waals surface area contributed by atoms with Gasteiger partial charge in [-0.3, -0.25) is 4.99 Å². The monoisotopic (exact) mass is 282 g/mol. The van der Waals surface area contributed by atoms with Crippen molar-refractivity contribution in [3.05, 3.63) is 54.0 Å². The average Bonchev–Trinajstić information content (AvgIpc) is 2.92. The maximum absolute atomic E-state index is 4.66. The second-order valence-corrected chi connectivity index (χ2v) is 5.06. The minimum atomic E-state index is 0.224. The van der Waals surface area contributed by atoms with Gasteiger partial charge in [-0.25, -0.2) is 4.98 Å². The third-order valence-corrected chi connectivity index (χ3v) is 3.49. The van der Waals surface area contributed by atoms with E-state index >= 15 is 0 Å². The van der Waals surface area contributed by atoms with Crippen LogP contribution in [0.2, 0.25) is 0 Å². The number of benzene rings is 1. The van der Waals surface area contributed by atoms with Gasteiger partial charge in [0.2, 0.25) is 0 Å². The molecule has 0 aliphatic heterocycles. The molecule has 4 nitrogen and oxygen atoms in total. The quantitative estimate of drug-likeness (QED) is 0.600. The number of hydrogen-bond acceptors (Lipinski definition) is 3. The summed E-state index contributed by atoms with van der Waals surface area (Å²) in [6.45, 7) is 5.54. The summed E-state index contributed by atoms with van der Waals surface area (Å²) in [4.78, 5) is 11.7. The van der Waals surface area contributed by atoms with Crippen LogP contribution >= 0.6 is 0 Å². The lowest BCUT2D eigenvalue weighted by Gasteiger charge is -2.13. The van der Waals surface area contributed by atoms with Crippen LogP contribution in [-0.2, 0) is 0 Å². The number of nitrogens with zero attached hydrogens (tertiary/aromatic N) is 2. The Bertz CT molecular complexity index is 619. The highest BCUT2D eigenvalue weighted by atomic mass is 15.0. The number of fused-ring (bicyclic) bond motifs is 1. The van der Waals surface area contributed by atoms with E-state index in [1.54, 1.807) is 6.20 Å². The highest BCUT2D eigenvalue weighted by Gasteiger charge is 2.13. The number of H-pyrrole nitrogens is 1. The highest BCUT2D eigenvalue weighted by molar-refractivity contribution is 5.74. The third kappa shape index (κ3) is 4.13. The molecule has 21 heavy (non-hydrogen) atoms. The Balaban J connectivity index is 2.04. The van der Waals surface area contributed by atoms with Gasteiger partial charge < -0.3 is 10.3 Å². The second kappa shape index (κ2) is 7.55. The molecule has 2 rings (SSSR count). The minimum absolute atomic E-state index is 0.224. The molecule has 2 N–H and O–H groups in total. The first-order valence-electron chi connectivity index (χ1n) is 7.14. The number of allylic oxidation sites excluding steroid dienone is 3. The summed E-state index contributed by atoms with van der Waals surface area (Å²) in [5.74, 6) is 0.995. The van der Waals surface area contributed by atoms with E-state index in [2.05, 4.69) is 46.1 Å². The summed E-state index contributed by atoms with van der Waals surface area (Å²) >= 11 is 0. The van der Waals surface area contributed by atoms with E-state index in [4.69, 9.17) is 0 Å². The molecule has 0 aliphatic rings. The molecule has 0 spiro atoms. The standard InChI is InChI=1S/C17H22N4/c1-13(7-6-12-18-2)10-11-16(19-3)17-20-14-8-4-5-9-15(14)21-17/h4-9,12,16,19H,2,10-11H2,1,3H3,(H,20,21)/b12-6-,13-7-/t16-/m1/s1. The first kappa shape index (κ1) is 15.2. The molecule has 2 aromatic rings. The summed E-state index contributed by atoms with van der Waals surface area (Å²) in [5, 5.41) is 3.33. The predicted octanol–water partition coefficient (Wildman–Crippen LogP) is 3.76. The smallest absolute Gasteiger partial charge is 0.124 e. The zero-order chi connectivity index (χ0) is 15.1. The maximum atomic E-state index is 4.66. The van der Waals surface area contributed by atoms with Crippen LogP contribution in [0.15, 0.2) is 53.2 Å². The van der Waals surface area contributed by atoms with Gasteiger partial charge in [0.15, 0.2) is 0 Å². The molecular weight excluding hydrogens is 260 g/mol. The SMILES string of the molecule is C=N/C=C\C=C(\C)CC[C@@H](NC)c1nc2ccccc2[nH]1. The largest absolute Gasteiger partial charge is 0.341 e. The van der Waals surface area contributed by atoms with Gasteiger partial charge in [-0.05, 0) is 51.7 Å². The van der Waals surface area contributed by atoms with Gasteiger partial charge in [0.25, 0.3) is 0 Å². The molecule has 0 saturated carbocycles. The van der Waals surface area contributed by atoms with E-state index in [0.29, 0.717) is 0 Å². The number of nitrogens with one attached hydrogen (secondary N) is 2. The Kier molecular flexibility index (Phi) is 5.46. The fourth-order valence-electron chi connectivity index (χ4n) is 2.28. The lowest BCUT2D eigenvalue weighted by molar-refractivity contribution is 0.525. The van der Waals surface area contributed by atoms with Gasteiger partial charge in [0, 0.05) is 6.20 Å². The van der Waals surface area contributed by atoms with Crippen LogP contribution in [0, 0.1) is 0 Å². The Hall–Kier alpha value is -2.20. The van der Waals surface area contributed by atoms with Crippen molar-refractivity contribution in [3.8, 4) is 0 Å². The number of aromatic amines is 1. The number of aliphatic imine (C=N–C) groups is 1. The molecule has 110 valence electrons. The topological polar surface area (TPSA) is 53.1 Å². The molecular formula is C17H22N4. The molecule has 0 aliphatic carbocycles. The van der Waals surface area contributed by atoms with Crippen molar-refractivity contribution < 1.29 is 0 Å². The van der Waals surface area contributed by atoms with Gasteiger partial charge in [0.1, 0.15) is 5.82 Å². The van der Waals surface area contributed by atoms with Crippen molar-refractivity contribution in [1.82, 2.24) is 15.3 Å². The fraction of sp³-hybridized carbons (Fsp3) is 0.294. The van der Waals surface area contributed by atoms with Crippen molar-refractivity contribution in [2.75, 3.05) is 7.05 Å². The Morgan fingerprint density at radius 1 is 1.48 bits per heavy atom. The summed E-state index contributed by atoms with van der Waals surface area (Å²) < 4.78 is 0. The first-order valence-corrected chi connectivity index (χ1v) is 7.14. The molecule has 1 aromatic heterocycles. The van der Waals surface area contributed by atoms with Crippen LogP contribution in [-0.4, -0.2) is 23.7 Å². The third-order valence-electron chi connectivity index (χ3n) is 3.49. The van der Waals surface area contributed by atoms with E-state index in [0.717, 1.165) is 29.7 Å². The highest BCUT2D eigenvalue weighted by Crippen LogP contribution is 2.21. The van der Waals surface area contributed by atoms with Gasteiger partial charge in [-0.15, -0.1) is 0 Å². The van der Waals surface area contributed by atoms with Gasteiger partial charge >= 0.3 is 0 Å². The van der Waals surface area contributed by atoms with Crippen molar-refractivity contribution in [1.29, 1.82) is 0 Å². The van der Waals surface area contributed by atoms with Gasteiger partial charge in [0.05, 0.1) is 17.1 Å². The molecule has 1 atom stereocenters. The molecule has 0 saturated heterocycles. The molecule has 4 heteroatoms. The number of imidazole rings is 1. The van der Waals surface area contributed by atoms with Crippen molar-refractivity contribution in [3.63, 3.8) is 0 Å². The summed E-state index contributed by atoms with van der Waals surface area (Å²) in [7, 11) is 1.97. The van der Waals surface area contributed by atoms with E-state index in [-0.39, 0.29) is 6.04 Å². The fourth-order valence-corrected chi connectivity index (χ4v) is 2.28. The van der Waals surface area contributed by atoms with Gasteiger partial charge in [-0.1, -0.05) is 23.8 Å². The van der Waals surface area contributed by atoms with E-state index < -0.39 is 0 Å². The Morgan fingerprint density at radius 2 is 2.29 bits per heavy atom. The summed E-state index contributed by atoms with van der Waals surface area (Å²) in [6, 6.07) is 8.33. The van der Waals surface area contributed by atoms with Gasteiger partial charge in [-0.2, -0.15) is 0 Å². The summed E-state index contributed by atoms with van der Waals surface area (Å²) in [6.07, 6.45) is 7.67.